The lowest BCUT2D eigenvalue weighted by Gasteiger charge is -2.56. The first-order valence-corrected chi connectivity index (χ1v) is 11.0. The van der Waals surface area contributed by atoms with Crippen molar-refractivity contribution in [1.82, 2.24) is 10.2 Å². The fraction of sp³-hybridized carbons (Fsp3) is 0.364. The Morgan fingerprint density at radius 2 is 2.07 bits per heavy atom. The van der Waals surface area contributed by atoms with Gasteiger partial charge < -0.3 is 19.7 Å². The van der Waals surface area contributed by atoms with Crippen LogP contribution in [0.3, 0.4) is 0 Å². The van der Waals surface area contributed by atoms with E-state index in [1.165, 1.54) is 0 Å². The molecule has 2 aromatic carbocycles. The minimum Gasteiger partial charge on any atom is -0.490 e. The smallest absolute Gasteiger partial charge is 0.233 e. The molecule has 0 unspecified atom stereocenters. The highest BCUT2D eigenvalue weighted by Crippen LogP contribution is 2.52. The molecule has 0 aromatic heterocycles. The number of thiocarbonyl (C=S) groups is 1. The summed E-state index contributed by atoms with van der Waals surface area (Å²) in [5.41, 5.74) is 0.654. The topological polar surface area (TPSA) is 54.0 Å². The largest absolute Gasteiger partial charge is 0.490 e. The molecular weight excluding hydrogens is 466 g/mol. The van der Waals surface area contributed by atoms with Crippen molar-refractivity contribution in [3.05, 3.63) is 52.5 Å². The van der Waals surface area contributed by atoms with Crippen molar-refractivity contribution in [2.24, 2.45) is 5.92 Å². The van der Waals surface area contributed by atoms with Gasteiger partial charge in [-0.3, -0.25) is 9.69 Å². The Morgan fingerprint density at radius 3 is 2.73 bits per heavy atom. The van der Waals surface area contributed by atoms with Crippen molar-refractivity contribution in [2.45, 2.75) is 25.6 Å². The molecule has 2 heterocycles. The number of carbonyl (C=O) groups excluding carboxylic acids is 1. The second-order valence-electron chi connectivity index (χ2n) is 7.72. The summed E-state index contributed by atoms with van der Waals surface area (Å²) >= 11 is 9.29. The van der Waals surface area contributed by atoms with Crippen LogP contribution in [0, 0.1) is 5.92 Å². The van der Waals surface area contributed by atoms with Gasteiger partial charge in [-0.2, -0.15) is 0 Å². The molecule has 158 valence electrons. The molecule has 4 rings (SSSR count). The summed E-state index contributed by atoms with van der Waals surface area (Å²) in [6.45, 7) is 4.37. The fourth-order valence-corrected chi connectivity index (χ4v) is 5.10. The zero-order chi connectivity index (χ0) is 21.6. The second-order valence-corrected chi connectivity index (χ2v) is 9.02. The first-order chi connectivity index (χ1) is 14.3. The SMILES string of the molecule is CCOc1cccc2c1O[C@@]1(C)[C@H](C(=O)N(C)C)[C@H]2NC(=S)N1c1cccc(Br)c1. The summed E-state index contributed by atoms with van der Waals surface area (Å²) in [7, 11) is 3.52. The van der Waals surface area contributed by atoms with Crippen LogP contribution >= 0.6 is 28.1 Å². The number of nitrogens with one attached hydrogen (secondary N) is 1. The number of para-hydroxylation sites is 1. The maximum atomic E-state index is 13.4. The van der Waals surface area contributed by atoms with Crippen molar-refractivity contribution < 1.29 is 14.3 Å². The number of rotatable bonds is 4. The van der Waals surface area contributed by atoms with Gasteiger partial charge in [0.2, 0.25) is 5.91 Å². The summed E-state index contributed by atoms with van der Waals surface area (Å²) in [5.74, 6) is 0.739. The van der Waals surface area contributed by atoms with Gasteiger partial charge in [0.15, 0.2) is 22.3 Å². The van der Waals surface area contributed by atoms with Crippen LogP contribution in [0.15, 0.2) is 46.9 Å². The lowest BCUT2D eigenvalue weighted by Crippen LogP contribution is -2.72. The molecule has 0 aliphatic carbocycles. The molecule has 0 spiro atoms. The Morgan fingerprint density at radius 1 is 1.33 bits per heavy atom. The van der Waals surface area contributed by atoms with Crippen LogP contribution < -0.4 is 19.7 Å². The Kier molecular flexibility index (Phi) is 5.40. The highest BCUT2D eigenvalue weighted by atomic mass is 79.9. The molecule has 3 atom stereocenters. The molecule has 1 amide bonds. The van der Waals surface area contributed by atoms with Crippen LogP contribution in [0.1, 0.15) is 25.5 Å². The van der Waals surface area contributed by atoms with E-state index in [2.05, 4.69) is 21.2 Å². The van der Waals surface area contributed by atoms with Gasteiger partial charge in [0.1, 0.15) is 5.92 Å². The normalized spacial score (nSPS) is 24.4. The molecule has 8 heteroatoms. The van der Waals surface area contributed by atoms with Crippen LogP contribution in [0.25, 0.3) is 0 Å². The van der Waals surface area contributed by atoms with Gasteiger partial charge in [0.25, 0.3) is 0 Å². The molecule has 1 N–H and O–H groups in total. The molecule has 1 saturated heterocycles. The van der Waals surface area contributed by atoms with Gasteiger partial charge in [0, 0.05) is 29.8 Å². The minimum absolute atomic E-state index is 0.0371. The summed E-state index contributed by atoms with van der Waals surface area (Å²) in [5, 5.41) is 3.92. The van der Waals surface area contributed by atoms with Crippen molar-refractivity contribution in [1.29, 1.82) is 0 Å². The summed E-state index contributed by atoms with van der Waals surface area (Å²) in [6, 6.07) is 13.2. The van der Waals surface area contributed by atoms with E-state index < -0.39 is 11.6 Å². The number of ether oxygens (including phenoxy) is 2. The number of anilines is 1. The molecular formula is C22H24BrN3O3S. The third-order valence-electron chi connectivity index (χ3n) is 5.56. The third kappa shape index (κ3) is 3.22. The molecule has 2 aliphatic rings. The number of hydrogen-bond acceptors (Lipinski definition) is 4. The zero-order valence-electron chi connectivity index (χ0n) is 17.3. The number of nitrogens with zero attached hydrogens (tertiary/aromatic N) is 2. The number of amides is 1. The van der Waals surface area contributed by atoms with E-state index >= 15 is 0 Å². The van der Waals surface area contributed by atoms with E-state index in [0.717, 1.165) is 15.7 Å². The van der Waals surface area contributed by atoms with Crippen LogP contribution in [-0.2, 0) is 4.79 Å². The van der Waals surface area contributed by atoms with Crippen LogP contribution in [0.2, 0.25) is 0 Å². The van der Waals surface area contributed by atoms with E-state index in [9.17, 15) is 4.79 Å². The van der Waals surface area contributed by atoms with Crippen LogP contribution in [0.5, 0.6) is 11.5 Å². The predicted octanol–water partition coefficient (Wildman–Crippen LogP) is 4.10. The fourth-order valence-electron chi connectivity index (χ4n) is 4.30. The van der Waals surface area contributed by atoms with Gasteiger partial charge in [-0.1, -0.05) is 34.1 Å². The van der Waals surface area contributed by atoms with Crippen LogP contribution in [-0.4, -0.2) is 42.3 Å². The zero-order valence-corrected chi connectivity index (χ0v) is 19.7. The molecule has 2 aromatic rings. The van der Waals surface area contributed by atoms with E-state index in [1.54, 1.807) is 19.0 Å². The van der Waals surface area contributed by atoms with Gasteiger partial charge in [-0.15, -0.1) is 0 Å². The molecule has 2 aliphatic heterocycles. The number of fused-ring (bicyclic) bond motifs is 4. The molecule has 1 fully saturated rings. The monoisotopic (exact) mass is 489 g/mol. The van der Waals surface area contributed by atoms with E-state index in [1.807, 2.05) is 61.2 Å². The summed E-state index contributed by atoms with van der Waals surface area (Å²) in [4.78, 5) is 16.9. The first-order valence-electron chi connectivity index (χ1n) is 9.80. The molecule has 6 nitrogen and oxygen atoms in total. The predicted molar refractivity (Wildman–Crippen MR) is 124 cm³/mol. The Balaban J connectivity index is 1.93. The first kappa shape index (κ1) is 20.9. The lowest BCUT2D eigenvalue weighted by molar-refractivity contribution is -0.144. The minimum atomic E-state index is -1.05. The molecule has 30 heavy (non-hydrogen) atoms. The third-order valence-corrected chi connectivity index (χ3v) is 6.36. The van der Waals surface area contributed by atoms with Crippen LogP contribution in [0.4, 0.5) is 5.69 Å². The van der Waals surface area contributed by atoms with Gasteiger partial charge in [-0.05, 0) is 50.3 Å². The maximum Gasteiger partial charge on any atom is 0.233 e. The van der Waals surface area contributed by atoms with Gasteiger partial charge in [0.05, 0.1) is 12.6 Å². The number of benzene rings is 2. The molecule has 0 saturated carbocycles. The maximum absolute atomic E-state index is 13.4. The van der Waals surface area contributed by atoms with Crippen molar-refractivity contribution in [2.75, 3.05) is 25.6 Å². The van der Waals surface area contributed by atoms with Crippen molar-refractivity contribution in [3.63, 3.8) is 0 Å². The van der Waals surface area contributed by atoms with E-state index in [4.69, 9.17) is 21.7 Å². The standard InChI is InChI=1S/C22H24BrN3O3S/c1-5-28-16-11-7-10-15-18-17(20(27)25(3)4)22(2,29-19(15)16)26(21(30)24-18)14-9-6-8-13(23)12-14/h6-12,17-18H,5H2,1-4H3,(H,24,30)/t17-,18-,22-/m0/s1. The Hall–Kier alpha value is -2.32. The van der Waals surface area contributed by atoms with Crippen molar-refractivity contribution in [3.8, 4) is 11.5 Å². The number of hydrogen-bond donors (Lipinski definition) is 1. The van der Waals surface area contributed by atoms with Crippen molar-refractivity contribution >= 4 is 44.9 Å². The quantitative estimate of drug-likeness (QED) is 0.652. The van der Waals surface area contributed by atoms with E-state index in [-0.39, 0.29) is 11.9 Å². The molecule has 2 bridgehead atoms. The summed E-state index contributed by atoms with van der Waals surface area (Å²) in [6.07, 6.45) is 0. The Labute approximate surface area is 190 Å². The second kappa shape index (κ2) is 7.74. The summed E-state index contributed by atoms with van der Waals surface area (Å²) < 4.78 is 13.4. The Bertz CT molecular complexity index is 1010. The lowest BCUT2D eigenvalue weighted by atomic mass is 9.78. The highest BCUT2D eigenvalue weighted by Gasteiger charge is 2.60. The van der Waals surface area contributed by atoms with Gasteiger partial charge in [-0.25, -0.2) is 0 Å². The highest BCUT2D eigenvalue weighted by molar-refractivity contribution is 9.10. The number of halogens is 1. The molecule has 0 radical (unpaired) electrons. The average Bonchev–Trinajstić information content (AvgIpc) is 2.68. The number of carbonyl (C=O) groups is 1. The average molecular weight is 490 g/mol. The van der Waals surface area contributed by atoms with Gasteiger partial charge >= 0.3 is 0 Å². The van der Waals surface area contributed by atoms with E-state index in [0.29, 0.717) is 23.2 Å².